The van der Waals surface area contributed by atoms with Crippen molar-refractivity contribution in [3.63, 3.8) is 0 Å². The van der Waals surface area contributed by atoms with Gasteiger partial charge in [-0.3, -0.25) is 4.79 Å². The Labute approximate surface area is 174 Å². The summed E-state index contributed by atoms with van der Waals surface area (Å²) in [7, 11) is 0. The highest BCUT2D eigenvalue weighted by atomic mass is 32.1. The lowest BCUT2D eigenvalue weighted by molar-refractivity contribution is 0.0942. The Bertz CT molecular complexity index is 985. The van der Waals surface area contributed by atoms with Crippen molar-refractivity contribution in [1.82, 2.24) is 10.3 Å². The van der Waals surface area contributed by atoms with Gasteiger partial charge in [0.15, 0.2) is 0 Å². The van der Waals surface area contributed by atoms with Crippen molar-refractivity contribution in [2.24, 2.45) is 17.1 Å². The van der Waals surface area contributed by atoms with Crippen molar-refractivity contribution in [2.75, 3.05) is 6.54 Å². The smallest absolute Gasteiger partial charge is 0.261 e. The molecule has 1 amide bonds. The molecule has 0 radical (unpaired) electrons. The SMILES string of the molecule is CC(C)(C)C1CCc2nc3sc(C(=O)N[C@H](CN)c4ccsc4)cc3cc2C1. The highest BCUT2D eigenvalue weighted by Gasteiger charge is 2.29. The molecule has 0 saturated heterocycles. The van der Waals surface area contributed by atoms with E-state index < -0.39 is 0 Å². The Morgan fingerprint density at radius 2 is 2.21 bits per heavy atom. The number of fused-ring (bicyclic) bond motifs is 2. The molecule has 1 aliphatic rings. The molecule has 148 valence electrons. The minimum Gasteiger partial charge on any atom is -0.343 e. The van der Waals surface area contributed by atoms with E-state index in [0.717, 1.165) is 28.6 Å². The minimum atomic E-state index is -0.155. The number of hydrogen-bond acceptors (Lipinski definition) is 5. The zero-order chi connectivity index (χ0) is 19.9. The van der Waals surface area contributed by atoms with Crippen LogP contribution in [-0.2, 0) is 12.8 Å². The fraction of sp³-hybridized carbons (Fsp3) is 0.455. The number of carbonyl (C=O) groups is 1. The lowest BCUT2D eigenvalue weighted by atomic mass is 9.71. The van der Waals surface area contributed by atoms with Gasteiger partial charge in [-0.05, 0) is 70.7 Å². The normalized spacial score (nSPS) is 18.1. The lowest BCUT2D eigenvalue weighted by Gasteiger charge is -2.34. The summed E-state index contributed by atoms with van der Waals surface area (Å²) in [5.41, 5.74) is 9.80. The van der Waals surface area contributed by atoms with Gasteiger partial charge in [-0.25, -0.2) is 4.98 Å². The van der Waals surface area contributed by atoms with Gasteiger partial charge in [0.1, 0.15) is 4.83 Å². The molecule has 3 heterocycles. The lowest BCUT2D eigenvalue weighted by Crippen LogP contribution is -2.32. The van der Waals surface area contributed by atoms with Crippen LogP contribution in [0.3, 0.4) is 0 Å². The molecular formula is C22H27N3OS2. The van der Waals surface area contributed by atoms with Gasteiger partial charge in [-0.2, -0.15) is 11.3 Å². The summed E-state index contributed by atoms with van der Waals surface area (Å²) < 4.78 is 0. The Morgan fingerprint density at radius 1 is 1.39 bits per heavy atom. The summed E-state index contributed by atoms with van der Waals surface area (Å²) in [6, 6.07) is 6.08. The zero-order valence-corrected chi connectivity index (χ0v) is 18.3. The number of nitrogens with one attached hydrogen (secondary N) is 1. The maximum atomic E-state index is 12.8. The molecule has 3 N–H and O–H groups in total. The van der Waals surface area contributed by atoms with Crippen LogP contribution in [0.15, 0.2) is 29.0 Å². The van der Waals surface area contributed by atoms with Crippen LogP contribution >= 0.6 is 22.7 Å². The van der Waals surface area contributed by atoms with E-state index in [9.17, 15) is 4.79 Å². The molecule has 2 atom stereocenters. The number of nitrogens with two attached hydrogens (primary N) is 1. The topological polar surface area (TPSA) is 68.0 Å². The van der Waals surface area contributed by atoms with Crippen LogP contribution in [0.4, 0.5) is 0 Å². The van der Waals surface area contributed by atoms with Crippen molar-refractivity contribution in [1.29, 1.82) is 0 Å². The van der Waals surface area contributed by atoms with Crippen molar-refractivity contribution < 1.29 is 4.79 Å². The Morgan fingerprint density at radius 3 is 2.89 bits per heavy atom. The molecule has 0 saturated carbocycles. The highest BCUT2D eigenvalue weighted by Crippen LogP contribution is 2.38. The van der Waals surface area contributed by atoms with E-state index in [2.05, 4.69) is 32.2 Å². The van der Waals surface area contributed by atoms with Crippen LogP contribution in [-0.4, -0.2) is 17.4 Å². The zero-order valence-electron chi connectivity index (χ0n) is 16.6. The maximum absolute atomic E-state index is 12.8. The van der Waals surface area contributed by atoms with Crippen LogP contribution in [0.5, 0.6) is 0 Å². The number of aromatic nitrogens is 1. The molecule has 6 heteroatoms. The van der Waals surface area contributed by atoms with E-state index in [1.54, 1.807) is 11.3 Å². The quantitative estimate of drug-likeness (QED) is 0.637. The van der Waals surface area contributed by atoms with Gasteiger partial charge >= 0.3 is 0 Å². The predicted molar refractivity (Wildman–Crippen MR) is 118 cm³/mol. The second kappa shape index (κ2) is 7.58. The van der Waals surface area contributed by atoms with Crippen molar-refractivity contribution in [3.8, 4) is 0 Å². The third-order valence-electron chi connectivity index (χ3n) is 5.81. The van der Waals surface area contributed by atoms with Crippen LogP contribution in [0.25, 0.3) is 10.2 Å². The fourth-order valence-electron chi connectivity index (χ4n) is 3.96. The molecule has 0 aliphatic heterocycles. The third kappa shape index (κ3) is 3.86. The second-order valence-electron chi connectivity index (χ2n) is 8.72. The molecule has 1 aliphatic carbocycles. The van der Waals surface area contributed by atoms with E-state index in [4.69, 9.17) is 10.7 Å². The Hall–Kier alpha value is -1.76. The van der Waals surface area contributed by atoms with Gasteiger partial charge in [0.25, 0.3) is 5.91 Å². The molecule has 0 spiro atoms. The molecule has 1 unspecified atom stereocenters. The average molecular weight is 414 g/mol. The van der Waals surface area contributed by atoms with Crippen LogP contribution < -0.4 is 11.1 Å². The molecule has 0 bridgehead atoms. The van der Waals surface area contributed by atoms with Crippen molar-refractivity contribution >= 4 is 38.8 Å². The summed E-state index contributed by atoms with van der Waals surface area (Å²) in [5.74, 6) is 0.603. The van der Waals surface area contributed by atoms with Gasteiger partial charge in [0.2, 0.25) is 0 Å². The monoisotopic (exact) mass is 413 g/mol. The molecule has 0 fully saturated rings. The van der Waals surface area contributed by atoms with E-state index in [1.807, 2.05) is 22.9 Å². The highest BCUT2D eigenvalue weighted by molar-refractivity contribution is 7.20. The first kappa shape index (κ1) is 19.6. The first-order valence-corrected chi connectivity index (χ1v) is 11.6. The Balaban J connectivity index is 1.57. The third-order valence-corrected chi connectivity index (χ3v) is 7.55. The van der Waals surface area contributed by atoms with E-state index >= 15 is 0 Å². The number of rotatable bonds is 4. The predicted octanol–water partition coefficient (Wildman–Crippen LogP) is 4.94. The summed E-state index contributed by atoms with van der Waals surface area (Å²) in [6.07, 6.45) is 3.29. The molecular weight excluding hydrogens is 386 g/mol. The summed E-state index contributed by atoms with van der Waals surface area (Å²) in [4.78, 5) is 19.4. The molecule has 4 rings (SSSR count). The largest absolute Gasteiger partial charge is 0.343 e. The first-order chi connectivity index (χ1) is 13.3. The van der Waals surface area contributed by atoms with E-state index in [0.29, 0.717) is 22.8 Å². The minimum absolute atomic E-state index is 0.0739. The van der Waals surface area contributed by atoms with Crippen LogP contribution in [0.2, 0.25) is 0 Å². The summed E-state index contributed by atoms with van der Waals surface area (Å²) in [6.45, 7) is 7.35. The molecule has 3 aromatic rings. The van der Waals surface area contributed by atoms with Crippen LogP contribution in [0.1, 0.15) is 59.7 Å². The number of hydrogen-bond donors (Lipinski definition) is 2. The maximum Gasteiger partial charge on any atom is 0.261 e. The number of nitrogens with zero attached hydrogens (tertiary/aromatic N) is 1. The number of amides is 1. The Kier molecular flexibility index (Phi) is 5.29. The van der Waals surface area contributed by atoms with Crippen molar-refractivity contribution in [2.45, 2.75) is 46.1 Å². The van der Waals surface area contributed by atoms with Crippen molar-refractivity contribution in [3.05, 3.63) is 50.7 Å². The summed E-state index contributed by atoms with van der Waals surface area (Å²) in [5, 5.41) is 8.18. The molecule has 4 nitrogen and oxygen atoms in total. The fourth-order valence-corrected chi connectivity index (χ4v) is 5.61. The first-order valence-electron chi connectivity index (χ1n) is 9.80. The van der Waals surface area contributed by atoms with Gasteiger partial charge < -0.3 is 11.1 Å². The number of thiophene rings is 2. The molecule has 28 heavy (non-hydrogen) atoms. The van der Waals surface area contributed by atoms with E-state index in [1.165, 1.54) is 29.0 Å². The van der Waals surface area contributed by atoms with Gasteiger partial charge in [0.05, 0.1) is 10.9 Å². The number of pyridine rings is 1. The second-order valence-corrected chi connectivity index (χ2v) is 10.5. The average Bonchev–Trinajstić information content (AvgIpc) is 3.32. The van der Waals surface area contributed by atoms with Crippen LogP contribution in [0, 0.1) is 11.3 Å². The summed E-state index contributed by atoms with van der Waals surface area (Å²) >= 11 is 3.08. The number of carbonyl (C=O) groups excluding carboxylic acids is 1. The van der Waals surface area contributed by atoms with Gasteiger partial charge in [-0.1, -0.05) is 20.8 Å². The molecule has 3 aromatic heterocycles. The van der Waals surface area contributed by atoms with E-state index in [-0.39, 0.29) is 11.9 Å². The number of aryl methyl sites for hydroxylation is 1. The standard InChI is InChI=1S/C22H27N3OS2/c1-22(2,3)16-4-5-17-14(9-16)8-15-10-19(28-21(15)25-17)20(26)24-18(11-23)13-6-7-27-12-13/h6-8,10,12,16,18H,4-5,9,11,23H2,1-3H3,(H,24,26)/t16?,18-/m1/s1. The molecule has 0 aromatic carbocycles. The van der Waals surface area contributed by atoms with Gasteiger partial charge in [-0.15, -0.1) is 11.3 Å². The van der Waals surface area contributed by atoms with Gasteiger partial charge in [0, 0.05) is 17.6 Å².